The Balaban J connectivity index is 1.40. The van der Waals surface area contributed by atoms with E-state index in [2.05, 4.69) is 22.3 Å². The number of piperidine rings is 1. The molecule has 0 bridgehead atoms. The molecule has 31 heavy (non-hydrogen) atoms. The van der Waals surface area contributed by atoms with Crippen LogP contribution >= 0.6 is 23.2 Å². The Morgan fingerprint density at radius 3 is 2.61 bits per heavy atom. The van der Waals surface area contributed by atoms with Crippen molar-refractivity contribution < 1.29 is 14.3 Å². The summed E-state index contributed by atoms with van der Waals surface area (Å²) in [6, 6.07) is 7.96. The van der Waals surface area contributed by atoms with E-state index in [1.165, 1.54) is 12.7 Å². The van der Waals surface area contributed by atoms with Crippen LogP contribution < -0.4 is 0 Å². The highest BCUT2D eigenvalue weighted by Gasteiger charge is 2.38. The molecule has 1 amide bonds. The summed E-state index contributed by atoms with van der Waals surface area (Å²) in [5, 5.41) is 8.64. The maximum atomic E-state index is 12.4. The third-order valence-electron chi connectivity index (χ3n) is 6.68. The minimum atomic E-state index is -0.326. The molecule has 6 nitrogen and oxygen atoms in total. The van der Waals surface area contributed by atoms with E-state index in [0.717, 1.165) is 49.2 Å². The second-order valence-corrected chi connectivity index (χ2v) is 9.24. The highest BCUT2D eigenvalue weighted by atomic mass is 35.5. The average molecular weight is 466 g/mol. The van der Waals surface area contributed by atoms with Crippen LogP contribution in [-0.4, -0.2) is 53.6 Å². The second kappa shape index (κ2) is 10.2. The summed E-state index contributed by atoms with van der Waals surface area (Å²) in [7, 11) is 1.42. The van der Waals surface area contributed by atoms with Crippen LogP contribution in [0.4, 0.5) is 4.79 Å². The Bertz CT molecular complexity index is 882. The summed E-state index contributed by atoms with van der Waals surface area (Å²) in [6.07, 6.45) is 7.38. The summed E-state index contributed by atoms with van der Waals surface area (Å²) < 4.78 is 11.4. The van der Waals surface area contributed by atoms with Gasteiger partial charge in [0.2, 0.25) is 0 Å². The highest BCUT2D eigenvalue weighted by Crippen LogP contribution is 2.39. The van der Waals surface area contributed by atoms with Gasteiger partial charge in [-0.05, 0) is 56.1 Å². The van der Waals surface area contributed by atoms with Crippen molar-refractivity contribution in [2.24, 2.45) is 0 Å². The SMILES string of the molecule is COC(=O)N1CCC[C@H](c2n[nH]cc2Cl)[C@@H]1CO[C@H]1CC[C@@H](c2ccccc2Cl)CC1. The molecule has 2 aliphatic rings. The number of nitrogens with one attached hydrogen (secondary N) is 1. The van der Waals surface area contributed by atoms with Gasteiger partial charge < -0.3 is 14.4 Å². The van der Waals surface area contributed by atoms with E-state index in [9.17, 15) is 4.79 Å². The van der Waals surface area contributed by atoms with Gasteiger partial charge in [-0.15, -0.1) is 0 Å². The molecule has 1 aromatic heterocycles. The fourth-order valence-electron chi connectivity index (χ4n) is 5.05. The van der Waals surface area contributed by atoms with Crippen LogP contribution in [0.15, 0.2) is 30.5 Å². The van der Waals surface area contributed by atoms with Crippen molar-refractivity contribution in [1.29, 1.82) is 0 Å². The van der Waals surface area contributed by atoms with Crippen molar-refractivity contribution in [2.75, 3.05) is 20.3 Å². The molecule has 4 rings (SSSR count). The molecule has 0 radical (unpaired) electrons. The number of hydrogen-bond donors (Lipinski definition) is 1. The van der Waals surface area contributed by atoms with Gasteiger partial charge in [-0.25, -0.2) is 4.79 Å². The van der Waals surface area contributed by atoms with Crippen LogP contribution in [0.5, 0.6) is 0 Å². The van der Waals surface area contributed by atoms with Crippen LogP contribution in [0.3, 0.4) is 0 Å². The number of ether oxygens (including phenoxy) is 2. The number of amides is 1. The van der Waals surface area contributed by atoms with E-state index in [4.69, 9.17) is 32.7 Å². The molecule has 0 unspecified atom stereocenters. The molecule has 168 valence electrons. The number of nitrogens with zero attached hydrogens (tertiary/aromatic N) is 2. The highest BCUT2D eigenvalue weighted by molar-refractivity contribution is 6.31. The fourth-order valence-corrected chi connectivity index (χ4v) is 5.57. The second-order valence-electron chi connectivity index (χ2n) is 8.43. The lowest BCUT2D eigenvalue weighted by molar-refractivity contribution is -0.0242. The number of aromatic amines is 1. The predicted molar refractivity (Wildman–Crippen MR) is 121 cm³/mol. The molecular weight excluding hydrogens is 437 g/mol. The standard InChI is InChI=1S/C23H29Cl2N3O3/c1-30-23(29)28-12-4-6-18(22-20(25)13-26-27-22)21(28)14-31-16-10-8-15(9-11-16)17-5-2-3-7-19(17)24/h2-3,5,7,13,15-16,18,21H,4,6,8-12,14H2,1H3,(H,26,27)/t15-,16+,18-,21-/m0/s1. The first kappa shape index (κ1) is 22.4. The number of likely N-dealkylation sites (tertiary alicyclic amines) is 1. The lowest BCUT2D eigenvalue weighted by Crippen LogP contribution is -2.50. The van der Waals surface area contributed by atoms with Gasteiger partial charge in [0.1, 0.15) is 0 Å². The van der Waals surface area contributed by atoms with E-state index in [0.29, 0.717) is 24.1 Å². The number of H-pyrrole nitrogens is 1. The van der Waals surface area contributed by atoms with Crippen molar-refractivity contribution in [2.45, 2.75) is 62.5 Å². The summed E-state index contributed by atoms with van der Waals surface area (Å²) in [5.41, 5.74) is 2.03. The molecule has 1 aromatic carbocycles. The van der Waals surface area contributed by atoms with Crippen molar-refractivity contribution in [3.63, 3.8) is 0 Å². The summed E-state index contributed by atoms with van der Waals surface area (Å²) in [5.74, 6) is 0.497. The first-order valence-electron chi connectivity index (χ1n) is 11.0. The number of carbonyl (C=O) groups excluding carboxylic acids is 1. The van der Waals surface area contributed by atoms with Gasteiger partial charge in [-0.3, -0.25) is 5.10 Å². The first-order chi connectivity index (χ1) is 15.1. The maximum absolute atomic E-state index is 12.4. The smallest absolute Gasteiger partial charge is 0.409 e. The largest absolute Gasteiger partial charge is 0.453 e. The lowest BCUT2D eigenvalue weighted by Gasteiger charge is -2.40. The van der Waals surface area contributed by atoms with Crippen molar-refractivity contribution in [3.05, 3.63) is 51.8 Å². The van der Waals surface area contributed by atoms with Gasteiger partial charge in [0.15, 0.2) is 0 Å². The third kappa shape index (κ3) is 5.02. The quantitative estimate of drug-likeness (QED) is 0.607. The Morgan fingerprint density at radius 1 is 1.16 bits per heavy atom. The zero-order valence-corrected chi connectivity index (χ0v) is 19.2. The molecule has 1 aliphatic heterocycles. The van der Waals surface area contributed by atoms with Crippen LogP contribution in [0.2, 0.25) is 10.0 Å². The molecule has 1 aliphatic carbocycles. The zero-order valence-electron chi connectivity index (χ0n) is 17.7. The van der Waals surface area contributed by atoms with Gasteiger partial charge in [0.25, 0.3) is 0 Å². The Hall–Kier alpha value is -1.76. The van der Waals surface area contributed by atoms with Crippen molar-refractivity contribution >= 4 is 29.3 Å². The van der Waals surface area contributed by atoms with Crippen LogP contribution in [-0.2, 0) is 9.47 Å². The van der Waals surface area contributed by atoms with E-state index in [1.54, 1.807) is 11.1 Å². The fraction of sp³-hybridized carbons (Fsp3) is 0.565. The first-order valence-corrected chi connectivity index (χ1v) is 11.7. The normalized spacial score (nSPS) is 26.6. The number of rotatable bonds is 5. The molecule has 2 aromatic rings. The molecule has 1 saturated heterocycles. The summed E-state index contributed by atoms with van der Waals surface area (Å²) in [4.78, 5) is 14.2. The topological polar surface area (TPSA) is 67.5 Å². The molecule has 1 saturated carbocycles. The minimum Gasteiger partial charge on any atom is -0.453 e. The third-order valence-corrected chi connectivity index (χ3v) is 7.33. The maximum Gasteiger partial charge on any atom is 0.409 e. The molecule has 2 fully saturated rings. The van der Waals surface area contributed by atoms with Crippen LogP contribution in [0.25, 0.3) is 0 Å². The van der Waals surface area contributed by atoms with Gasteiger partial charge in [0, 0.05) is 23.7 Å². The van der Waals surface area contributed by atoms with Crippen LogP contribution in [0, 0.1) is 0 Å². The number of methoxy groups -OCH3 is 1. The number of hydrogen-bond acceptors (Lipinski definition) is 4. The Labute approximate surface area is 193 Å². The molecular formula is C23H29Cl2N3O3. The molecule has 8 heteroatoms. The monoisotopic (exact) mass is 465 g/mol. The molecule has 2 atom stereocenters. The van der Waals surface area contributed by atoms with E-state index in [1.807, 2.05) is 12.1 Å². The zero-order chi connectivity index (χ0) is 21.8. The minimum absolute atomic E-state index is 0.0195. The Morgan fingerprint density at radius 2 is 1.94 bits per heavy atom. The van der Waals surface area contributed by atoms with Gasteiger partial charge in [-0.2, -0.15) is 5.10 Å². The predicted octanol–water partition coefficient (Wildman–Crippen LogP) is 5.77. The van der Waals surface area contributed by atoms with Crippen molar-refractivity contribution in [1.82, 2.24) is 15.1 Å². The van der Waals surface area contributed by atoms with E-state index < -0.39 is 0 Å². The van der Waals surface area contributed by atoms with Gasteiger partial charge in [0.05, 0.1) is 36.6 Å². The summed E-state index contributed by atoms with van der Waals surface area (Å²) >= 11 is 12.7. The van der Waals surface area contributed by atoms with E-state index in [-0.39, 0.29) is 24.2 Å². The molecule has 0 spiro atoms. The summed E-state index contributed by atoms with van der Waals surface area (Å²) in [6.45, 7) is 1.10. The number of benzene rings is 1. The van der Waals surface area contributed by atoms with Gasteiger partial charge in [-0.1, -0.05) is 41.4 Å². The molecule has 2 heterocycles. The average Bonchev–Trinajstić information content (AvgIpc) is 3.23. The lowest BCUT2D eigenvalue weighted by atomic mass is 9.82. The number of aromatic nitrogens is 2. The van der Waals surface area contributed by atoms with E-state index >= 15 is 0 Å². The molecule has 1 N–H and O–H groups in total. The van der Waals surface area contributed by atoms with Gasteiger partial charge >= 0.3 is 6.09 Å². The number of halogens is 2. The van der Waals surface area contributed by atoms with Crippen LogP contribution in [0.1, 0.15) is 61.6 Å². The van der Waals surface area contributed by atoms with Crippen molar-refractivity contribution in [3.8, 4) is 0 Å². The Kier molecular flexibility index (Phi) is 7.41. The number of carbonyl (C=O) groups is 1.